The third-order valence-electron chi connectivity index (χ3n) is 3.70. The zero-order chi connectivity index (χ0) is 14.7. The van der Waals surface area contributed by atoms with Crippen LogP contribution in [0.5, 0.6) is 0 Å². The minimum Gasteiger partial charge on any atom is -0.307 e. The number of hydrogen-bond donors (Lipinski definition) is 1. The molecule has 2 heteroatoms. The van der Waals surface area contributed by atoms with Gasteiger partial charge in [0.05, 0.1) is 6.04 Å². The predicted molar refractivity (Wildman–Crippen MR) is 90.3 cm³/mol. The molecule has 0 aliphatic carbocycles. The summed E-state index contributed by atoms with van der Waals surface area (Å²) in [6.07, 6.45) is 0. The summed E-state index contributed by atoms with van der Waals surface area (Å²) in [6.45, 7) is 9.62. The lowest BCUT2D eigenvalue weighted by Gasteiger charge is -2.23. The van der Waals surface area contributed by atoms with E-state index < -0.39 is 0 Å². The number of nitrogens with one attached hydrogen (secondary N) is 1. The van der Waals surface area contributed by atoms with Crippen LogP contribution in [0.25, 0.3) is 0 Å². The van der Waals surface area contributed by atoms with Crippen LogP contribution in [0.3, 0.4) is 0 Å². The van der Waals surface area contributed by atoms with E-state index in [4.69, 9.17) is 0 Å². The van der Waals surface area contributed by atoms with Gasteiger partial charge in [-0.1, -0.05) is 52.7 Å². The minimum absolute atomic E-state index is 0.248. The Morgan fingerprint density at radius 1 is 0.950 bits per heavy atom. The van der Waals surface area contributed by atoms with Gasteiger partial charge in [0, 0.05) is 4.47 Å². The van der Waals surface area contributed by atoms with E-state index in [0.29, 0.717) is 0 Å². The zero-order valence-corrected chi connectivity index (χ0v) is 14.2. The molecule has 0 aromatic heterocycles. The van der Waals surface area contributed by atoms with Crippen molar-refractivity contribution in [2.45, 2.75) is 33.7 Å². The summed E-state index contributed by atoms with van der Waals surface area (Å²) >= 11 is 3.59. The van der Waals surface area contributed by atoms with E-state index in [0.717, 1.165) is 11.0 Å². The van der Waals surface area contributed by atoms with E-state index in [-0.39, 0.29) is 6.04 Å². The first kappa shape index (κ1) is 15.3. The second kappa shape index (κ2) is 6.55. The summed E-state index contributed by atoms with van der Waals surface area (Å²) < 4.78 is 1.13. The van der Waals surface area contributed by atoms with Gasteiger partial charge in [-0.25, -0.2) is 0 Å². The maximum absolute atomic E-state index is 3.62. The van der Waals surface area contributed by atoms with Gasteiger partial charge >= 0.3 is 0 Å². The summed E-state index contributed by atoms with van der Waals surface area (Å²) in [5.74, 6) is 0. The van der Waals surface area contributed by atoms with Crippen molar-refractivity contribution in [3.8, 4) is 0 Å². The summed E-state index contributed by atoms with van der Waals surface area (Å²) in [5.41, 5.74) is 6.67. The highest BCUT2D eigenvalue weighted by atomic mass is 79.9. The Hall–Kier alpha value is -1.12. The largest absolute Gasteiger partial charge is 0.307 e. The Bertz CT molecular complexity index is 604. The smallest absolute Gasteiger partial charge is 0.0582 e. The topological polar surface area (TPSA) is 12.0 Å². The molecule has 0 radical (unpaired) electrons. The molecular formula is C18H22BrN. The molecule has 1 atom stereocenters. The first-order valence-corrected chi connectivity index (χ1v) is 7.88. The number of benzene rings is 2. The second-order valence-electron chi connectivity index (χ2n) is 5.35. The molecule has 0 amide bonds. The molecule has 0 saturated carbocycles. The van der Waals surface area contributed by atoms with Crippen molar-refractivity contribution < 1.29 is 0 Å². The van der Waals surface area contributed by atoms with Crippen LogP contribution in [-0.2, 0) is 0 Å². The Morgan fingerprint density at radius 2 is 1.70 bits per heavy atom. The molecule has 1 nitrogen and oxygen atoms in total. The molecule has 0 aliphatic rings. The average molecular weight is 332 g/mol. The van der Waals surface area contributed by atoms with Crippen LogP contribution >= 0.6 is 15.9 Å². The van der Waals surface area contributed by atoms with E-state index >= 15 is 0 Å². The fourth-order valence-electron chi connectivity index (χ4n) is 2.66. The number of hydrogen-bond acceptors (Lipinski definition) is 1. The van der Waals surface area contributed by atoms with Gasteiger partial charge in [0.2, 0.25) is 0 Å². The van der Waals surface area contributed by atoms with Gasteiger partial charge < -0.3 is 5.32 Å². The Kier molecular flexibility index (Phi) is 5.00. The lowest BCUT2D eigenvalue weighted by atomic mass is 9.91. The van der Waals surface area contributed by atoms with Crippen molar-refractivity contribution in [3.63, 3.8) is 0 Å². The van der Waals surface area contributed by atoms with Gasteiger partial charge in [-0.2, -0.15) is 0 Å². The van der Waals surface area contributed by atoms with E-state index in [1.165, 1.54) is 27.8 Å². The molecule has 0 aliphatic heterocycles. The zero-order valence-electron chi connectivity index (χ0n) is 12.6. The first-order valence-electron chi connectivity index (χ1n) is 7.09. The molecule has 0 spiro atoms. The standard InChI is InChI=1S/C18H22BrN/c1-5-20-18(16-9-6-12(2)10-14(16)4)17-11-15(19)8-7-13(17)3/h6-11,18,20H,5H2,1-4H3. The summed E-state index contributed by atoms with van der Waals surface area (Å²) in [7, 11) is 0. The van der Waals surface area contributed by atoms with E-state index in [2.05, 4.69) is 85.3 Å². The minimum atomic E-state index is 0.248. The highest BCUT2D eigenvalue weighted by Crippen LogP contribution is 2.29. The lowest BCUT2D eigenvalue weighted by molar-refractivity contribution is 0.624. The van der Waals surface area contributed by atoms with Gasteiger partial charge in [-0.05, 0) is 61.7 Å². The molecule has 2 aromatic carbocycles. The Labute approximate surface area is 130 Å². The van der Waals surface area contributed by atoms with Crippen molar-refractivity contribution >= 4 is 15.9 Å². The van der Waals surface area contributed by atoms with Crippen LogP contribution in [0.2, 0.25) is 0 Å². The lowest BCUT2D eigenvalue weighted by Crippen LogP contribution is -2.23. The third-order valence-corrected chi connectivity index (χ3v) is 4.19. The quantitative estimate of drug-likeness (QED) is 0.824. The number of aryl methyl sites for hydroxylation is 3. The average Bonchev–Trinajstić information content (AvgIpc) is 2.40. The number of rotatable bonds is 4. The van der Waals surface area contributed by atoms with E-state index in [9.17, 15) is 0 Å². The SMILES string of the molecule is CCNC(c1ccc(C)cc1C)c1cc(Br)ccc1C. The van der Waals surface area contributed by atoms with Gasteiger partial charge in [0.1, 0.15) is 0 Å². The monoisotopic (exact) mass is 331 g/mol. The summed E-state index contributed by atoms with van der Waals surface area (Å²) in [5, 5.41) is 3.62. The number of halogens is 1. The van der Waals surface area contributed by atoms with Crippen molar-refractivity contribution in [2.75, 3.05) is 6.54 Å². The third kappa shape index (κ3) is 3.31. The van der Waals surface area contributed by atoms with Crippen molar-refractivity contribution in [2.24, 2.45) is 0 Å². The normalized spacial score (nSPS) is 12.4. The van der Waals surface area contributed by atoms with Crippen LogP contribution < -0.4 is 5.32 Å². The maximum Gasteiger partial charge on any atom is 0.0582 e. The van der Waals surface area contributed by atoms with Gasteiger partial charge in [-0.15, -0.1) is 0 Å². The molecule has 0 bridgehead atoms. The second-order valence-corrected chi connectivity index (χ2v) is 6.27. The molecule has 0 heterocycles. The molecule has 0 saturated heterocycles. The van der Waals surface area contributed by atoms with Gasteiger partial charge in [0.25, 0.3) is 0 Å². The fourth-order valence-corrected chi connectivity index (χ4v) is 3.04. The molecular weight excluding hydrogens is 310 g/mol. The highest BCUT2D eigenvalue weighted by Gasteiger charge is 2.17. The van der Waals surface area contributed by atoms with Crippen LogP contribution in [0.4, 0.5) is 0 Å². The van der Waals surface area contributed by atoms with Crippen molar-refractivity contribution in [1.29, 1.82) is 0 Å². The molecule has 106 valence electrons. The molecule has 1 unspecified atom stereocenters. The molecule has 20 heavy (non-hydrogen) atoms. The molecule has 0 fully saturated rings. The maximum atomic E-state index is 3.62. The van der Waals surface area contributed by atoms with Gasteiger partial charge in [0.15, 0.2) is 0 Å². The van der Waals surface area contributed by atoms with Crippen molar-refractivity contribution in [3.05, 3.63) is 68.7 Å². The van der Waals surface area contributed by atoms with Crippen LogP contribution in [0.1, 0.15) is 40.8 Å². The Morgan fingerprint density at radius 3 is 2.35 bits per heavy atom. The van der Waals surface area contributed by atoms with Crippen LogP contribution in [0, 0.1) is 20.8 Å². The summed E-state index contributed by atoms with van der Waals surface area (Å²) in [4.78, 5) is 0. The first-order chi connectivity index (χ1) is 9.52. The van der Waals surface area contributed by atoms with E-state index in [1.807, 2.05) is 0 Å². The van der Waals surface area contributed by atoms with Crippen LogP contribution in [-0.4, -0.2) is 6.54 Å². The molecule has 2 aromatic rings. The predicted octanol–water partition coefficient (Wildman–Crippen LogP) is 5.07. The summed E-state index contributed by atoms with van der Waals surface area (Å²) in [6, 6.07) is 13.4. The van der Waals surface area contributed by atoms with E-state index in [1.54, 1.807) is 0 Å². The molecule has 2 rings (SSSR count). The fraction of sp³-hybridized carbons (Fsp3) is 0.333. The van der Waals surface area contributed by atoms with Gasteiger partial charge in [-0.3, -0.25) is 0 Å². The van der Waals surface area contributed by atoms with Crippen molar-refractivity contribution in [1.82, 2.24) is 5.32 Å². The Balaban J connectivity index is 2.53. The van der Waals surface area contributed by atoms with Crippen LogP contribution in [0.15, 0.2) is 40.9 Å². The molecule has 1 N–H and O–H groups in total. The highest BCUT2D eigenvalue weighted by molar-refractivity contribution is 9.10.